The van der Waals surface area contributed by atoms with Gasteiger partial charge >= 0.3 is 0 Å². The maximum atomic E-state index is 12.1. The summed E-state index contributed by atoms with van der Waals surface area (Å²) in [4.78, 5) is -6.51. The van der Waals surface area contributed by atoms with E-state index >= 15 is 0 Å². The van der Waals surface area contributed by atoms with Crippen LogP contribution in [0.3, 0.4) is 0 Å². The Kier molecular flexibility index (Phi) is 6.28. The van der Waals surface area contributed by atoms with E-state index in [1.165, 1.54) is 18.2 Å². The third-order valence-electron chi connectivity index (χ3n) is 3.52. The van der Waals surface area contributed by atoms with Gasteiger partial charge in [0, 0.05) is 5.56 Å². The van der Waals surface area contributed by atoms with Crippen LogP contribution < -0.4 is 0 Å². The van der Waals surface area contributed by atoms with Gasteiger partial charge in [-0.05, 0) is 11.6 Å². The van der Waals surface area contributed by atoms with E-state index in [4.69, 9.17) is 0 Å². The van der Waals surface area contributed by atoms with E-state index in [-0.39, 0.29) is 0 Å². The Morgan fingerprint density at radius 1 is 0.567 bits per heavy atom. The Morgan fingerprint density at radius 3 is 1.47 bits per heavy atom. The molecule has 164 valence electrons. The second-order valence-corrected chi connectivity index (χ2v) is 11.0. The lowest BCUT2D eigenvalue weighted by molar-refractivity contribution is 0.466. The van der Waals surface area contributed by atoms with Gasteiger partial charge in [-0.2, -0.15) is 33.7 Å². The van der Waals surface area contributed by atoms with Gasteiger partial charge in [-0.3, -0.25) is 18.2 Å². The fraction of sp³-hybridized carbons (Fsp3) is 0. The molecule has 0 aliphatic rings. The molecule has 2 aromatic carbocycles. The highest BCUT2D eigenvalue weighted by Crippen LogP contribution is 2.38. The molecule has 0 saturated carbocycles. The number of hydrogen-bond donors (Lipinski definition) is 4. The molecule has 0 aromatic heterocycles. The van der Waals surface area contributed by atoms with E-state index in [0.29, 0.717) is 18.2 Å². The Labute approximate surface area is 171 Å². The molecule has 0 aliphatic carbocycles. The molecule has 0 fully saturated rings. The highest BCUT2D eigenvalue weighted by Gasteiger charge is 2.36. The van der Waals surface area contributed by atoms with Crippen molar-refractivity contribution >= 4 is 50.3 Å². The van der Waals surface area contributed by atoms with E-state index < -0.39 is 71.2 Å². The van der Waals surface area contributed by atoms with Crippen molar-refractivity contribution in [1.82, 2.24) is 0 Å². The molecule has 2 aromatic rings. The molecule has 16 heteroatoms. The Balaban J connectivity index is 3.31. The number of benzene rings is 2. The second kappa shape index (κ2) is 7.82. The molecular weight excluding hydrogens is 488 g/mol. The topological polar surface area (TPSA) is 217 Å². The Hall–Kier alpha value is -2.18. The van der Waals surface area contributed by atoms with Crippen molar-refractivity contribution in [1.29, 1.82) is 0 Å². The van der Waals surface area contributed by atoms with Crippen LogP contribution in [-0.2, 0) is 40.5 Å². The lowest BCUT2D eigenvalue weighted by Gasteiger charge is -2.15. The maximum absolute atomic E-state index is 12.1. The summed E-state index contributed by atoms with van der Waals surface area (Å²) < 4.78 is 133. The Morgan fingerprint density at radius 2 is 1.07 bits per heavy atom. The maximum Gasteiger partial charge on any atom is 0.296 e. The summed E-state index contributed by atoms with van der Waals surface area (Å²) in [6, 6.07) is 7.46. The normalized spacial score (nSPS) is 14.3. The molecule has 0 spiro atoms. The van der Waals surface area contributed by atoms with E-state index in [9.17, 15) is 51.9 Å². The molecule has 30 heavy (non-hydrogen) atoms. The summed E-state index contributed by atoms with van der Waals surface area (Å²) in [5.41, 5.74) is -1.88. The first-order valence-electron chi connectivity index (χ1n) is 7.28. The largest absolute Gasteiger partial charge is 0.296 e. The van der Waals surface area contributed by atoms with Gasteiger partial charge in [0.15, 0.2) is 0 Å². The van der Waals surface area contributed by atoms with Crippen LogP contribution in [-0.4, -0.2) is 51.9 Å². The van der Waals surface area contributed by atoms with Crippen molar-refractivity contribution in [3.63, 3.8) is 0 Å². The van der Waals surface area contributed by atoms with E-state index in [0.717, 1.165) is 12.1 Å². The molecule has 0 aliphatic heterocycles. The Bertz CT molecular complexity index is 1450. The van der Waals surface area contributed by atoms with E-state index in [1.807, 2.05) is 0 Å². The third kappa shape index (κ3) is 5.10. The summed E-state index contributed by atoms with van der Waals surface area (Å²) in [7, 11) is -22.2. The quantitative estimate of drug-likeness (QED) is 0.319. The number of rotatable bonds is 6. The first kappa shape index (κ1) is 24.1. The molecule has 0 unspecified atom stereocenters. The zero-order chi connectivity index (χ0) is 23.1. The third-order valence-corrected chi connectivity index (χ3v) is 7.52. The second-order valence-electron chi connectivity index (χ2n) is 5.56. The van der Waals surface area contributed by atoms with Gasteiger partial charge in [0.1, 0.15) is 19.6 Å². The molecule has 0 radical (unpaired) electrons. The molecule has 4 N–H and O–H groups in total. The highest BCUT2D eigenvalue weighted by atomic mass is 32.2. The molecule has 0 amide bonds. The summed E-state index contributed by atoms with van der Waals surface area (Å²) in [6.45, 7) is 0. The minimum atomic E-state index is -5.71. The predicted molar refractivity (Wildman–Crippen MR) is 102 cm³/mol. The standard InChI is InChI=1S/C14H12O12S4/c15-27(16,17)11-8-4-7-10(13(11)29(21,22)23)14(30(24,25)26)12(28(18,19)20)9-5-2-1-3-6-9/h1-8H,(H,15,16,17)(H,18,19,20)(H,21,22,23)(H,24,25,26). The monoisotopic (exact) mass is 500 g/mol. The molecule has 12 nitrogen and oxygen atoms in total. The summed E-state index contributed by atoms with van der Waals surface area (Å²) in [6.07, 6.45) is 0. The van der Waals surface area contributed by atoms with Gasteiger partial charge < -0.3 is 0 Å². The smallest absolute Gasteiger partial charge is 0.282 e. The minimum Gasteiger partial charge on any atom is -0.282 e. The van der Waals surface area contributed by atoms with Crippen LogP contribution in [0.15, 0.2) is 58.3 Å². The fourth-order valence-electron chi connectivity index (χ4n) is 2.53. The van der Waals surface area contributed by atoms with Gasteiger partial charge in [-0.25, -0.2) is 0 Å². The molecule has 0 atom stereocenters. The number of hydrogen-bond acceptors (Lipinski definition) is 8. The van der Waals surface area contributed by atoms with Gasteiger partial charge in [-0.15, -0.1) is 0 Å². The van der Waals surface area contributed by atoms with Crippen LogP contribution in [0.1, 0.15) is 11.1 Å². The van der Waals surface area contributed by atoms with Crippen LogP contribution in [0.25, 0.3) is 9.81 Å². The van der Waals surface area contributed by atoms with E-state index in [2.05, 4.69) is 0 Å². The van der Waals surface area contributed by atoms with E-state index in [1.54, 1.807) is 0 Å². The highest BCUT2D eigenvalue weighted by molar-refractivity contribution is 8.01. The zero-order valence-corrected chi connectivity index (χ0v) is 17.6. The zero-order valence-electron chi connectivity index (χ0n) is 14.3. The molecule has 0 heterocycles. The van der Waals surface area contributed by atoms with Crippen molar-refractivity contribution in [3.05, 3.63) is 59.7 Å². The summed E-state index contributed by atoms with van der Waals surface area (Å²) in [5.74, 6) is 0. The van der Waals surface area contributed by atoms with Crippen molar-refractivity contribution in [2.24, 2.45) is 0 Å². The van der Waals surface area contributed by atoms with Crippen molar-refractivity contribution in [2.45, 2.75) is 9.79 Å². The van der Waals surface area contributed by atoms with Crippen LogP contribution in [0.2, 0.25) is 0 Å². The summed E-state index contributed by atoms with van der Waals surface area (Å²) >= 11 is 0. The van der Waals surface area contributed by atoms with Crippen LogP contribution in [0.5, 0.6) is 0 Å². The summed E-state index contributed by atoms with van der Waals surface area (Å²) in [5, 5.41) is 0. The van der Waals surface area contributed by atoms with Crippen molar-refractivity contribution < 1.29 is 51.9 Å². The van der Waals surface area contributed by atoms with Crippen LogP contribution in [0.4, 0.5) is 0 Å². The van der Waals surface area contributed by atoms with Crippen molar-refractivity contribution in [2.75, 3.05) is 0 Å². The van der Waals surface area contributed by atoms with Gasteiger partial charge in [0.2, 0.25) is 0 Å². The average molecular weight is 501 g/mol. The van der Waals surface area contributed by atoms with Crippen molar-refractivity contribution in [3.8, 4) is 0 Å². The molecule has 2 rings (SSSR count). The van der Waals surface area contributed by atoms with Gasteiger partial charge in [-0.1, -0.05) is 42.5 Å². The molecule has 0 bridgehead atoms. The average Bonchev–Trinajstić information content (AvgIpc) is 2.56. The lowest BCUT2D eigenvalue weighted by atomic mass is 10.1. The molecule has 0 saturated heterocycles. The lowest BCUT2D eigenvalue weighted by Crippen LogP contribution is -2.16. The van der Waals surface area contributed by atoms with Gasteiger partial charge in [0.05, 0.1) is 0 Å². The fourth-order valence-corrected chi connectivity index (χ4v) is 6.80. The first-order valence-corrected chi connectivity index (χ1v) is 13.0. The SMILES string of the molecule is O=S(=O)(O)C(=C(c1cccc(S(=O)(=O)O)c1S(=O)(=O)O)S(=O)(=O)O)c1ccccc1. The molecular formula is C14H12O12S4. The first-order chi connectivity index (χ1) is 13.5. The van der Waals surface area contributed by atoms with Gasteiger partial charge in [0.25, 0.3) is 40.5 Å². The van der Waals surface area contributed by atoms with Crippen LogP contribution >= 0.6 is 0 Å². The minimum absolute atomic E-state index is 0.471. The van der Waals surface area contributed by atoms with Crippen LogP contribution in [0, 0.1) is 0 Å². The predicted octanol–water partition coefficient (Wildman–Crippen LogP) is 0.781.